The van der Waals surface area contributed by atoms with E-state index in [2.05, 4.69) is 10.1 Å². The Hall–Kier alpha value is -1.75. The number of nitrogens with two attached hydrogens (primary N) is 1. The van der Waals surface area contributed by atoms with E-state index in [1.807, 2.05) is 25.1 Å². The summed E-state index contributed by atoms with van der Waals surface area (Å²) in [6.45, 7) is 5.06. The topological polar surface area (TPSA) is 71.1 Å². The van der Waals surface area contributed by atoms with Crippen molar-refractivity contribution in [1.82, 2.24) is 0 Å². The van der Waals surface area contributed by atoms with Crippen LogP contribution in [0.1, 0.15) is 11.1 Å². The van der Waals surface area contributed by atoms with Gasteiger partial charge in [-0.15, -0.1) is 0 Å². The first-order chi connectivity index (χ1) is 8.22. The van der Waals surface area contributed by atoms with E-state index in [-0.39, 0.29) is 5.84 Å². The number of benzene rings is 1. The summed E-state index contributed by atoms with van der Waals surface area (Å²) in [5.41, 5.74) is 8.57. The van der Waals surface area contributed by atoms with Gasteiger partial charge in [0.1, 0.15) is 0 Å². The van der Waals surface area contributed by atoms with Crippen molar-refractivity contribution in [2.45, 2.75) is 6.92 Å². The summed E-state index contributed by atoms with van der Waals surface area (Å²) < 4.78 is 5.32. The second-order valence-corrected chi connectivity index (χ2v) is 4.11. The van der Waals surface area contributed by atoms with Crippen molar-refractivity contribution in [2.75, 3.05) is 31.2 Å². The van der Waals surface area contributed by atoms with Crippen molar-refractivity contribution >= 4 is 11.5 Å². The maximum absolute atomic E-state index is 8.82. The molecule has 0 unspecified atom stereocenters. The van der Waals surface area contributed by atoms with E-state index in [9.17, 15) is 0 Å². The van der Waals surface area contributed by atoms with E-state index < -0.39 is 0 Å². The molecule has 3 N–H and O–H groups in total. The highest BCUT2D eigenvalue weighted by atomic mass is 16.5. The predicted molar refractivity (Wildman–Crippen MR) is 66.7 cm³/mol. The Bertz CT molecular complexity index is 426. The molecule has 0 spiro atoms. The van der Waals surface area contributed by atoms with Crippen LogP contribution >= 0.6 is 0 Å². The molecule has 0 radical (unpaired) electrons. The zero-order valence-electron chi connectivity index (χ0n) is 9.89. The molecule has 0 aromatic heterocycles. The Morgan fingerprint density at radius 1 is 1.41 bits per heavy atom. The molecule has 0 aliphatic carbocycles. The Morgan fingerprint density at radius 3 is 2.76 bits per heavy atom. The molecule has 0 amide bonds. The molecular weight excluding hydrogens is 218 g/mol. The van der Waals surface area contributed by atoms with Crippen molar-refractivity contribution in [3.8, 4) is 0 Å². The molecular formula is C12H17N3O2. The zero-order valence-corrected chi connectivity index (χ0v) is 9.89. The Balaban J connectivity index is 2.37. The molecule has 1 aliphatic rings. The maximum Gasteiger partial charge on any atom is 0.172 e. The number of aryl methyl sites for hydroxylation is 1. The molecule has 17 heavy (non-hydrogen) atoms. The van der Waals surface area contributed by atoms with Crippen LogP contribution in [0.25, 0.3) is 0 Å². The number of anilines is 1. The molecule has 1 aromatic carbocycles. The van der Waals surface area contributed by atoms with E-state index in [0.717, 1.165) is 29.9 Å². The summed E-state index contributed by atoms with van der Waals surface area (Å²) in [5.74, 6) is 0.148. The minimum absolute atomic E-state index is 0.148. The lowest BCUT2D eigenvalue weighted by molar-refractivity contribution is 0.122. The molecule has 5 nitrogen and oxygen atoms in total. The lowest BCUT2D eigenvalue weighted by Crippen LogP contribution is -2.37. The fourth-order valence-electron chi connectivity index (χ4n) is 1.99. The highest BCUT2D eigenvalue weighted by Crippen LogP contribution is 2.22. The average Bonchev–Trinajstić information content (AvgIpc) is 2.38. The molecule has 5 heteroatoms. The van der Waals surface area contributed by atoms with Gasteiger partial charge in [0.25, 0.3) is 0 Å². The maximum atomic E-state index is 8.82. The molecule has 1 aliphatic heterocycles. The van der Waals surface area contributed by atoms with Gasteiger partial charge in [-0.05, 0) is 19.1 Å². The van der Waals surface area contributed by atoms with E-state index in [4.69, 9.17) is 15.7 Å². The predicted octanol–water partition coefficient (Wildman–Crippen LogP) is 0.926. The minimum atomic E-state index is 0.148. The SMILES string of the molecule is Cc1ccc(N2CCOCC2)c(/C(N)=N/O)c1. The molecule has 1 aromatic rings. The van der Waals surface area contributed by atoms with Gasteiger partial charge in [0, 0.05) is 24.3 Å². The van der Waals surface area contributed by atoms with E-state index >= 15 is 0 Å². The quantitative estimate of drug-likeness (QED) is 0.346. The lowest BCUT2D eigenvalue weighted by Gasteiger charge is -2.30. The molecule has 1 fully saturated rings. The van der Waals surface area contributed by atoms with Gasteiger partial charge >= 0.3 is 0 Å². The smallest absolute Gasteiger partial charge is 0.172 e. The first kappa shape index (κ1) is 11.7. The lowest BCUT2D eigenvalue weighted by atomic mass is 10.1. The molecule has 0 saturated carbocycles. The second kappa shape index (κ2) is 5.05. The molecule has 1 heterocycles. The second-order valence-electron chi connectivity index (χ2n) is 4.11. The molecule has 2 rings (SSSR count). The Labute approximate surface area is 100 Å². The summed E-state index contributed by atoms with van der Waals surface area (Å²) in [4.78, 5) is 2.19. The fraction of sp³-hybridized carbons (Fsp3) is 0.417. The van der Waals surface area contributed by atoms with Crippen molar-refractivity contribution < 1.29 is 9.94 Å². The van der Waals surface area contributed by atoms with Gasteiger partial charge in [-0.2, -0.15) is 0 Å². The van der Waals surface area contributed by atoms with Crippen LogP contribution in [0.5, 0.6) is 0 Å². The number of hydrogen-bond acceptors (Lipinski definition) is 4. The van der Waals surface area contributed by atoms with Gasteiger partial charge < -0.3 is 20.6 Å². The van der Waals surface area contributed by atoms with Crippen molar-refractivity contribution in [1.29, 1.82) is 0 Å². The van der Waals surface area contributed by atoms with Crippen LogP contribution in [0.2, 0.25) is 0 Å². The van der Waals surface area contributed by atoms with Crippen LogP contribution in [-0.2, 0) is 4.74 Å². The largest absolute Gasteiger partial charge is 0.409 e. The number of oxime groups is 1. The van der Waals surface area contributed by atoms with Crippen LogP contribution in [0.3, 0.4) is 0 Å². The molecule has 1 saturated heterocycles. The standard InChI is InChI=1S/C12H17N3O2/c1-9-2-3-11(10(8-9)12(13)14-16)15-4-6-17-7-5-15/h2-3,8,16H,4-7H2,1H3,(H2,13,14). The van der Waals surface area contributed by atoms with E-state index in [1.54, 1.807) is 0 Å². The van der Waals surface area contributed by atoms with Crippen molar-refractivity contribution in [3.05, 3.63) is 29.3 Å². The fourth-order valence-corrected chi connectivity index (χ4v) is 1.99. The summed E-state index contributed by atoms with van der Waals surface area (Å²) in [6.07, 6.45) is 0. The minimum Gasteiger partial charge on any atom is -0.409 e. The monoisotopic (exact) mass is 235 g/mol. The van der Waals surface area contributed by atoms with Gasteiger partial charge in [-0.25, -0.2) is 0 Å². The van der Waals surface area contributed by atoms with E-state index in [0.29, 0.717) is 13.2 Å². The van der Waals surface area contributed by atoms with Gasteiger partial charge in [0.2, 0.25) is 0 Å². The number of ether oxygens (including phenoxy) is 1. The first-order valence-corrected chi connectivity index (χ1v) is 5.63. The van der Waals surface area contributed by atoms with E-state index in [1.165, 1.54) is 0 Å². The average molecular weight is 235 g/mol. The highest BCUT2D eigenvalue weighted by molar-refractivity contribution is 6.02. The molecule has 92 valence electrons. The number of morpholine rings is 1. The number of nitrogens with zero attached hydrogens (tertiary/aromatic N) is 2. The zero-order chi connectivity index (χ0) is 12.3. The van der Waals surface area contributed by atoms with Gasteiger partial charge in [0.05, 0.1) is 13.2 Å². The van der Waals surface area contributed by atoms with Gasteiger partial charge in [-0.3, -0.25) is 0 Å². The third-order valence-electron chi connectivity index (χ3n) is 2.89. The third-order valence-corrected chi connectivity index (χ3v) is 2.89. The first-order valence-electron chi connectivity index (χ1n) is 5.63. The third kappa shape index (κ3) is 2.50. The summed E-state index contributed by atoms with van der Waals surface area (Å²) in [6, 6.07) is 5.97. The number of amidine groups is 1. The summed E-state index contributed by atoms with van der Waals surface area (Å²) in [5, 5.41) is 11.9. The Morgan fingerprint density at radius 2 is 2.12 bits per heavy atom. The van der Waals surface area contributed by atoms with Gasteiger partial charge in [0.15, 0.2) is 5.84 Å². The molecule has 0 atom stereocenters. The number of rotatable bonds is 2. The van der Waals surface area contributed by atoms with Gasteiger partial charge in [-0.1, -0.05) is 16.8 Å². The van der Waals surface area contributed by atoms with Crippen LogP contribution in [0.15, 0.2) is 23.4 Å². The van der Waals surface area contributed by atoms with Crippen LogP contribution in [0.4, 0.5) is 5.69 Å². The normalized spacial score (nSPS) is 17.2. The van der Waals surface area contributed by atoms with Crippen molar-refractivity contribution in [3.63, 3.8) is 0 Å². The Kier molecular flexibility index (Phi) is 3.49. The number of hydrogen-bond donors (Lipinski definition) is 2. The molecule has 0 bridgehead atoms. The highest BCUT2D eigenvalue weighted by Gasteiger charge is 2.16. The van der Waals surface area contributed by atoms with Crippen LogP contribution in [-0.4, -0.2) is 37.3 Å². The summed E-state index contributed by atoms with van der Waals surface area (Å²) >= 11 is 0. The summed E-state index contributed by atoms with van der Waals surface area (Å²) in [7, 11) is 0. The van der Waals surface area contributed by atoms with Crippen LogP contribution < -0.4 is 10.6 Å². The van der Waals surface area contributed by atoms with Crippen LogP contribution in [0, 0.1) is 6.92 Å². The van der Waals surface area contributed by atoms with Crippen molar-refractivity contribution in [2.24, 2.45) is 10.9 Å².